The molecule has 0 saturated heterocycles. The highest BCUT2D eigenvalue weighted by atomic mass is 14.1. The van der Waals surface area contributed by atoms with Gasteiger partial charge in [0.2, 0.25) is 0 Å². The van der Waals surface area contributed by atoms with Gasteiger partial charge in [0.1, 0.15) is 0 Å². The van der Waals surface area contributed by atoms with Crippen LogP contribution in [0.1, 0.15) is 5.56 Å². The summed E-state index contributed by atoms with van der Waals surface area (Å²) in [5.41, 5.74) is 1.32. The van der Waals surface area contributed by atoms with Crippen LogP contribution < -0.4 is 0 Å². The summed E-state index contributed by atoms with van der Waals surface area (Å²) < 4.78 is 0. The minimum atomic E-state index is 0.843. The van der Waals surface area contributed by atoms with Gasteiger partial charge >= 0.3 is 0 Å². The van der Waals surface area contributed by atoms with E-state index >= 15 is 0 Å². The molecular weight excluding hydrogens is 192 g/mol. The molecule has 1 radical (unpaired) electrons. The molecule has 0 nitrogen and oxygen atoms in total. The zero-order valence-electron chi connectivity index (χ0n) is 9.11. The number of fused-ring (bicyclic) bond motifs is 3. The van der Waals surface area contributed by atoms with Gasteiger partial charge in [-0.05, 0) is 40.5 Å². The predicted octanol–water partition coefficient (Wildman–Crippen LogP) is 4.37. The second-order valence-electron chi connectivity index (χ2n) is 4.05. The van der Waals surface area contributed by atoms with Crippen LogP contribution in [0, 0.1) is 6.92 Å². The summed E-state index contributed by atoms with van der Waals surface area (Å²) >= 11 is 0. The third kappa shape index (κ3) is 1.30. The molecule has 0 amide bonds. The number of hydrogen-bond donors (Lipinski definition) is 0. The monoisotopic (exact) mass is 205 g/mol. The SMILES string of the molecule is [CH2]Cc1cccc2c1ccc1ccccc12. The van der Waals surface area contributed by atoms with Crippen molar-refractivity contribution in [2.45, 2.75) is 6.42 Å². The van der Waals surface area contributed by atoms with Crippen LogP contribution >= 0.6 is 0 Å². The highest BCUT2D eigenvalue weighted by Crippen LogP contribution is 2.27. The molecule has 0 aromatic heterocycles. The maximum atomic E-state index is 3.99. The lowest BCUT2D eigenvalue weighted by Crippen LogP contribution is -1.84. The second kappa shape index (κ2) is 3.64. The largest absolute Gasteiger partial charge is 0.0616 e. The lowest BCUT2D eigenvalue weighted by Gasteiger charge is -2.07. The lowest BCUT2D eigenvalue weighted by atomic mass is 9.97. The topological polar surface area (TPSA) is 0 Å². The summed E-state index contributed by atoms with van der Waals surface area (Å²) in [6.07, 6.45) is 0.843. The smallest absolute Gasteiger partial charge is 0.0103 e. The highest BCUT2D eigenvalue weighted by molar-refractivity contribution is 6.08. The average Bonchev–Trinajstić information content (AvgIpc) is 2.37. The molecule has 3 rings (SSSR count). The highest BCUT2D eigenvalue weighted by Gasteiger charge is 2.02. The Labute approximate surface area is 95.5 Å². The first-order valence-corrected chi connectivity index (χ1v) is 5.59. The van der Waals surface area contributed by atoms with Crippen molar-refractivity contribution < 1.29 is 0 Å². The molecule has 0 aliphatic carbocycles. The molecule has 0 N–H and O–H groups in total. The van der Waals surface area contributed by atoms with Gasteiger partial charge in [-0.2, -0.15) is 0 Å². The standard InChI is InChI=1S/C16H13/c1-2-12-7-5-9-16-14-8-4-3-6-13(14)10-11-15(12)16/h3-11H,1-2H2. The molecule has 3 aromatic carbocycles. The minimum Gasteiger partial charge on any atom is -0.0616 e. The normalized spacial score (nSPS) is 11.1. The van der Waals surface area contributed by atoms with E-state index in [1.807, 2.05) is 0 Å². The van der Waals surface area contributed by atoms with E-state index in [4.69, 9.17) is 0 Å². The molecule has 16 heavy (non-hydrogen) atoms. The van der Waals surface area contributed by atoms with Crippen molar-refractivity contribution in [1.82, 2.24) is 0 Å². The Hall–Kier alpha value is -1.82. The van der Waals surface area contributed by atoms with Crippen LogP contribution in [-0.2, 0) is 6.42 Å². The summed E-state index contributed by atoms with van der Waals surface area (Å²) in [6.45, 7) is 3.99. The molecule has 0 aliphatic rings. The molecule has 0 spiro atoms. The van der Waals surface area contributed by atoms with Crippen molar-refractivity contribution in [2.75, 3.05) is 0 Å². The first-order valence-electron chi connectivity index (χ1n) is 5.59. The maximum absolute atomic E-state index is 3.99. The quantitative estimate of drug-likeness (QED) is 0.517. The molecule has 0 heterocycles. The van der Waals surface area contributed by atoms with E-state index in [1.165, 1.54) is 27.1 Å². The van der Waals surface area contributed by atoms with Gasteiger partial charge in [-0.25, -0.2) is 0 Å². The Morgan fingerprint density at radius 1 is 0.688 bits per heavy atom. The van der Waals surface area contributed by atoms with Crippen molar-refractivity contribution in [3.63, 3.8) is 0 Å². The van der Waals surface area contributed by atoms with Gasteiger partial charge in [0.25, 0.3) is 0 Å². The first-order chi connectivity index (χ1) is 7.90. The molecule has 3 aromatic rings. The third-order valence-electron chi connectivity index (χ3n) is 3.15. The van der Waals surface area contributed by atoms with Crippen LogP contribution in [0.4, 0.5) is 0 Å². The summed E-state index contributed by atoms with van der Waals surface area (Å²) in [5, 5.41) is 5.29. The summed E-state index contributed by atoms with van der Waals surface area (Å²) in [7, 11) is 0. The van der Waals surface area contributed by atoms with E-state index in [-0.39, 0.29) is 0 Å². The van der Waals surface area contributed by atoms with Gasteiger partial charge in [0.05, 0.1) is 0 Å². The van der Waals surface area contributed by atoms with E-state index in [1.54, 1.807) is 0 Å². The second-order valence-corrected chi connectivity index (χ2v) is 4.05. The Morgan fingerprint density at radius 3 is 2.38 bits per heavy atom. The van der Waals surface area contributed by atoms with Crippen LogP contribution in [0.5, 0.6) is 0 Å². The molecule has 77 valence electrons. The molecule has 0 bridgehead atoms. The fraction of sp³-hybridized carbons (Fsp3) is 0.0625. The fourth-order valence-electron chi connectivity index (χ4n) is 2.32. The van der Waals surface area contributed by atoms with Crippen LogP contribution in [0.15, 0.2) is 54.6 Å². The maximum Gasteiger partial charge on any atom is -0.0103 e. The van der Waals surface area contributed by atoms with Gasteiger partial charge in [-0.15, -0.1) is 0 Å². The van der Waals surface area contributed by atoms with E-state index in [0.29, 0.717) is 0 Å². The van der Waals surface area contributed by atoms with Crippen molar-refractivity contribution >= 4 is 21.5 Å². The van der Waals surface area contributed by atoms with Gasteiger partial charge in [0, 0.05) is 0 Å². The molecular formula is C16H13. The van der Waals surface area contributed by atoms with Crippen molar-refractivity contribution in [3.05, 3.63) is 67.1 Å². The minimum absolute atomic E-state index is 0.843. The number of rotatable bonds is 1. The Balaban J connectivity index is 2.52. The van der Waals surface area contributed by atoms with Gasteiger partial charge < -0.3 is 0 Å². The van der Waals surface area contributed by atoms with Gasteiger partial charge in [-0.1, -0.05) is 54.6 Å². The van der Waals surface area contributed by atoms with Crippen LogP contribution in [0.25, 0.3) is 21.5 Å². The summed E-state index contributed by atoms with van der Waals surface area (Å²) in [6, 6.07) is 19.4. The molecule has 0 heteroatoms. The number of benzene rings is 3. The summed E-state index contributed by atoms with van der Waals surface area (Å²) in [5.74, 6) is 0. The Morgan fingerprint density at radius 2 is 1.50 bits per heavy atom. The van der Waals surface area contributed by atoms with E-state index < -0.39 is 0 Å². The Bertz CT molecular complexity index is 650. The van der Waals surface area contributed by atoms with Crippen molar-refractivity contribution in [2.24, 2.45) is 0 Å². The van der Waals surface area contributed by atoms with E-state index in [9.17, 15) is 0 Å². The van der Waals surface area contributed by atoms with Crippen LogP contribution in [-0.4, -0.2) is 0 Å². The molecule has 0 atom stereocenters. The average molecular weight is 205 g/mol. The lowest BCUT2D eigenvalue weighted by molar-refractivity contribution is 1.30. The third-order valence-corrected chi connectivity index (χ3v) is 3.15. The van der Waals surface area contributed by atoms with E-state index in [0.717, 1.165) is 6.42 Å². The predicted molar refractivity (Wildman–Crippen MR) is 70.5 cm³/mol. The van der Waals surface area contributed by atoms with Gasteiger partial charge in [0.15, 0.2) is 0 Å². The summed E-state index contributed by atoms with van der Waals surface area (Å²) in [4.78, 5) is 0. The Kier molecular flexibility index (Phi) is 2.14. The van der Waals surface area contributed by atoms with E-state index in [2.05, 4.69) is 61.5 Å². The molecule has 0 saturated carbocycles. The molecule has 0 aliphatic heterocycles. The zero-order valence-corrected chi connectivity index (χ0v) is 9.11. The van der Waals surface area contributed by atoms with Gasteiger partial charge in [-0.3, -0.25) is 0 Å². The number of hydrogen-bond acceptors (Lipinski definition) is 0. The molecule has 0 fully saturated rings. The van der Waals surface area contributed by atoms with Crippen LogP contribution in [0.3, 0.4) is 0 Å². The van der Waals surface area contributed by atoms with Crippen molar-refractivity contribution in [3.8, 4) is 0 Å². The first kappa shape index (κ1) is 9.41. The van der Waals surface area contributed by atoms with Crippen LogP contribution in [0.2, 0.25) is 0 Å². The van der Waals surface area contributed by atoms with Crippen molar-refractivity contribution in [1.29, 1.82) is 0 Å². The molecule has 0 unspecified atom stereocenters. The zero-order chi connectivity index (χ0) is 11.0. The fourth-order valence-corrected chi connectivity index (χ4v) is 2.32.